The Labute approximate surface area is 113 Å². The maximum absolute atomic E-state index is 5.90. The summed E-state index contributed by atoms with van der Waals surface area (Å²) in [5, 5.41) is 0. The van der Waals surface area contributed by atoms with E-state index in [0.29, 0.717) is 23.0 Å². The molecule has 0 spiro atoms. The smallest absolute Gasteiger partial charge is 0.150 e. The van der Waals surface area contributed by atoms with Crippen LogP contribution in [0.3, 0.4) is 0 Å². The molecule has 6 N–H and O–H groups in total. The fourth-order valence-corrected chi connectivity index (χ4v) is 1.89. The molecule has 0 fully saturated rings. The van der Waals surface area contributed by atoms with Gasteiger partial charge in [-0.15, -0.1) is 0 Å². The summed E-state index contributed by atoms with van der Waals surface area (Å²) in [6.07, 6.45) is 0. The van der Waals surface area contributed by atoms with Gasteiger partial charge >= 0.3 is 0 Å². The third kappa shape index (κ3) is 2.91. The monoisotopic (exact) mass is 257 g/mol. The normalized spacial score (nSPS) is 10.7. The summed E-state index contributed by atoms with van der Waals surface area (Å²) in [5.74, 6) is 1.68. The summed E-state index contributed by atoms with van der Waals surface area (Å²) in [6, 6.07) is 10.8. The number of rotatable bonds is 3. The highest BCUT2D eigenvalue weighted by atomic mass is 16.5. The molecule has 0 radical (unpaired) electrons. The molecule has 100 valence electrons. The van der Waals surface area contributed by atoms with Gasteiger partial charge in [0.2, 0.25) is 0 Å². The molecule has 0 aromatic heterocycles. The van der Waals surface area contributed by atoms with Gasteiger partial charge in [0.1, 0.15) is 11.5 Å². The molecule has 2 rings (SSSR count). The van der Waals surface area contributed by atoms with Gasteiger partial charge in [0.05, 0.1) is 5.69 Å². The number of ether oxygens (including phenoxy) is 1. The second kappa shape index (κ2) is 5.10. The summed E-state index contributed by atoms with van der Waals surface area (Å²) >= 11 is 0. The molecule has 0 aliphatic rings. The zero-order valence-electron chi connectivity index (χ0n) is 11.2. The van der Waals surface area contributed by atoms with Crippen LogP contribution < -0.4 is 21.9 Å². The number of anilines is 3. The molecule has 0 amide bonds. The first-order valence-corrected chi connectivity index (χ1v) is 6.19. The van der Waals surface area contributed by atoms with E-state index in [9.17, 15) is 0 Å². The Hall–Kier alpha value is -2.36. The minimum Gasteiger partial charge on any atom is -0.455 e. The van der Waals surface area contributed by atoms with Crippen LogP contribution in [-0.4, -0.2) is 0 Å². The van der Waals surface area contributed by atoms with Crippen LogP contribution in [0.1, 0.15) is 25.3 Å². The first-order chi connectivity index (χ1) is 8.97. The molecule has 0 bridgehead atoms. The van der Waals surface area contributed by atoms with Crippen LogP contribution >= 0.6 is 0 Å². The van der Waals surface area contributed by atoms with Gasteiger partial charge in [-0.2, -0.15) is 0 Å². The number of hydrogen-bond donors (Lipinski definition) is 3. The summed E-state index contributed by atoms with van der Waals surface area (Å²) in [7, 11) is 0. The average molecular weight is 257 g/mol. The van der Waals surface area contributed by atoms with Crippen molar-refractivity contribution in [3.63, 3.8) is 0 Å². The van der Waals surface area contributed by atoms with Crippen LogP contribution in [0.2, 0.25) is 0 Å². The Morgan fingerprint density at radius 2 is 1.42 bits per heavy atom. The number of nitrogens with two attached hydrogens (primary N) is 3. The van der Waals surface area contributed by atoms with Crippen LogP contribution in [0, 0.1) is 0 Å². The lowest BCUT2D eigenvalue weighted by Crippen LogP contribution is -1.99. The molecule has 0 saturated carbocycles. The lowest BCUT2D eigenvalue weighted by molar-refractivity contribution is 0.475. The van der Waals surface area contributed by atoms with E-state index in [2.05, 4.69) is 13.8 Å². The molecule has 0 aliphatic heterocycles. The van der Waals surface area contributed by atoms with E-state index in [4.69, 9.17) is 21.9 Å². The van der Waals surface area contributed by atoms with Crippen LogP contribution in [0.4, 0.5) is 17.1 Å². The van der Waals surface area contributed by atoms with Crippen molar-refractivity contribution in [2.45, 2.75) is 19.8 Å². The predicted octanol–water partition coefficient (Wildman–Crippen LogP) is 3.35. The Kier molecular flexibility index (Phi) is 3.51. The van der Waals surface area contributed by atoms with Gasteiger partial charge in [-0.1, -0.05) is 13.8 Å². The van der Waals surface area contributed by atoms with E-state index in [1.165, 1.54) is 0 Å². The lowest BCUT2D eigenvalue weighted by Gasteiger charge is -2.15. The molecule has 4 nitrogen and oxygen atoms in total. The van der Waals surface area contributed by atoms with Crippen LogP contribution in [0.15, 0.2) is 36.4 Å². The highest BCUT2D eigenvalue weighted by molar-refractivity contribution is 5.62. The van der Waals surface area contributed by atoms with Crippen molar-refractivity contribution in [2.24, 2.45) is 0 Å². The highest BCUT2D eigenvalue weighted by Crippen LogP contribution is 2.34. The minimum absolute atomic E-state index is 0.313. The van der Waals surface area contributed by atoms with Crippen molar-refractivity contribution >= 4 is 17.1 Å². The van der Waals surface area contributed by atoms with Crippen molar-refractivity contribution in [3.8, 4) is 11.5 Å². The second-order valence-electron chi connectivity index (χ2n) is 4.85. The lowest BCUT2D eigenvalue weighted by atomic mass is 10.0. The molecule has 0 heterocycles. The second-order valence-corrected chi connectivity index (χ2v) is 4.85. The third-order valence-electron chi connectivity index (χ3n) is 2.91. The van der Waals surface area contributed by atoms with Gasteiger partial charge in [-0.25, -0.2) is 0 Å². The van der Waals surface area contributed by atoms with Gasteiger partial charge in [0.25, 0.3) is 0 Å². The van der Waals surface area contributed by atoms with E-state index >= 15 is 0 Å². The molecule has 19 heavy (non-hydrogen) atoms. The SMILES string of the molecule is CC(C)c1cc(N)ccc1Oc1ccc(N)cc1N. The van der Waals surface area contributed by atoms with Gasteiger partial charge in [0, 0.05) is 11.4 Å². The Morgan fingerprint density at radius 1 is 0.842 bits per heavy atom. The van der Waals surface area contributed by atoms with Gasteiger partial charge in [-0.05, 0) is 47.9 Å². The Bertz CT molecular complexity index is 594. The minimum atomic E-state index is 0.313. The first-order valence-electron chi connectivity index (χ1n) is 6.19. The van der Waals surface area contributed by atoms with Crippen molar-refractivity contribution in [1.29, 1.82) is 0 Å². The quantitative estimate of drug-likeness (QED) is 0.736. The maximum atomic E-state index is 5.90. The van der Waals surface area contributed by atoms with Gasteiger partial charge in [0.15, 0.2) is 0 Å². The standard InChI is InChI=1S/C15H19N3O/c1-9(2)12-7-10(16)3-5-14(12)19-15-6-4-11(17)8-13(15)18/h3-9H,16-18H2,1-2H3. The Balaban J connectivity index is 2.38. The summed E-state index contributed by atoms with van der Waals surface area (Å²) < 4.78 is 5.88. The number of hydrogen-bond acceptors (Lipinski definition) is 4. The number of nitrogen functional groups attached to an aromatic ring is 3. The van der Waals surface area contributed by atoms with Crippen molar-refractivity contribution < 1.29 is 4.74 Å². The molecule has 4 heteroatoms. The molecule has 0 unspecified atom stereocenters. The summed E-state index contributed by atoms with van der Waals surface area (Å²) in [6.45, 7) is 4.18. The molecule has 0 aliphatic carbocycles. The third-order valence-corrected chi connectivity index (χ3v) is 2.91. The number of benzene rings is 2. The molecule has 2 aromatic carbocycles. The van der Waals surface area contributed by atoms with Crippen LogP contribution in [0.5, 0.6) is 11.5 Å². The fourth-order valence-electron chi connectivity index (χ4n) is 1.89. The van der Waals surface area contributed by atoms with E-state index in [0.717, 1.165) is 17.0 Å². The Morgan fingerprint density at radius 3 is 2.00 bits per heavy atom. The molecular weight excluding hydrogens is 238 g/mol. The van der Waals surface area contributed by atoms with E-state index in [-0.39, 0.29) is 0 Å². The van der Waals surface area contributed by atoms with Crippen molar-refractivity contribution in [1.82, 2.24) is 0 Å². The van der Waals surface area contributed by atoms with Crippen molar-refractivity contribution in [3.05, 3.63) is 42.0 Å². The zero-order chi connectivity index (χ0) is 14.0. The van der Waals surface area contributed by atoms with E-state index in [1.54, 1.807) is 18.2 Å². The average Bonchev–Trinajstić information content (AvgIpc) is 2.34. The summed E-state index contributed by atoms with van der Waals surface area (Å²) in [4.78, 5) is 0. The van der Waals surface area contributed by atoms with Gasteiger partial charge in [-0.3, -0.25) is 0 Å². The predicted molar refractivity (Wildman–Crippen MR) is 80.3 cm³/mol. The van der Waals surface area contributed by atoms with E-state index in [1.807, 2.05) is 18.2 Å². The topological polar surface area (TPSA) is 87.3 Å². The van der Waals surface area contributed by atoms with Crippen molar-refractivity contribution in [2.75, 3.05) is 17.2 Å². The first kappa shape index (κ1) is 13.1. The molecular formula is C15H19N3O. The molecule has 0 saturated heterocycles. The van der Waals surface area contributed by atoms with Gasteiger partial charge < -0.3 is 21.9 Å². The fraction of sp³-hybridized carbons (Fsp3) is 0.200. The van der Waals surface area contributed by atoms with Crippen LogP contribution in [0.25, 0.3) is 0 Å². The zero-order valence-corrected chi connectivity index (χ0v) is 11.2. The maximum Gasteiger partial charge on any atom is 0.150 e. The molecule has 2 aromatic rings. The largest absolute Gasteiger partial charge is 0.455 e. The summed E-state index contributed by atoms with van der Waals surface area (Å²) in [5.41, 5.74) is 20.3. The molecule has 0 atom stereocenters. The highest BCUT2D eigenvalue weighted by Gasteiger charge is 2.10. The van der Waals surface area contributed by atoms with E-state index < -0.39 is 0 Å². The van der Waals surface area contributed by atoms with Crippen LogP contribution in [-0.2, 0) is 0 Å².